The molecule has 0 atom stereocenters. The third kappa shape index (κ3) is 3.04. The van der Waals surface area contributed by atoms with Gasteiger partial charge in [-0.15, -0.1) is 0 Å². The summed E-state index contributed by atoms with van der Waals surface area (Å²) >= 11 is 1.63. The number of fused-ring (bicyclic) bond motifs is 1. The van der Waals surface area contributed by atoms with E-state index in [1.54, 1.807) is 11.3 Å². The Hall–Kier alpha value is -2.99. The molecule has 0 saturated carbocycles. The molecule has 0 aliphatic heterocycles. The molecule has 0 aliphatic carbocycles. The van der Waals surface area contributed by atoms with Gasteiger partial charge in [-0.1, -0.05) is 41.6 Å². The van der Waals surface area contributed by atoms with E-state index in [1.165, 1.54) is 4.68 Å². The van der Waals surface area contributed by atoms with Gasteiger partial charge in [0.1, 0.15) is 0 Å². The predicted molar refractivity (Wildman–Crippen MR) is 99.6 cm³/mol. The summed E-state index contributed by atoms with van der Waals surface area (Å²) in [4.78, 5) is 12.7. The first-order valence-corrected chi connectivity index (χ1v) is 8.78. The summed E-state index contributed by atoms with van der Waals surface area (Å²) in [6.45, 7) is 2.27. The quantitative estimate of drug-likeness (QED) is 0.559. The molecule has 0 fully saturated rings. The van der Waals surface area contributed by atoms with Crippen LogP contribution >= 0.6 is 11.3 Å². The number of aromatic nitrogens is 3. The van der Waals surface area contributed by atoms with E-state index >= 15 is 0 Å². The van der Waals surface area contributed by atoms with Gasteiger partial charge in [0.25, 0.3) is 5.56 Å². The summed E-state index contributed by atoms with van der Waals surface area (Å²) < 4.78 is 6.83. The number of nitrogens with zero attached hydrogens (tertiary/aromatic N) is 3. The van der Waals surface area contributed by atoms with Crippen LogP contribution in [0.5, 0.6) is 0 Å². The number of aryl methyl sites for hydroxylation is 1. The van der Waals surface area contributed by atoms with Crippen LogP contribution in [0.4, 0.5) is 0 Å². The van der Waals surface area contributed by atoms with Crippen molar-refractivity contribution in [2.24, 2.45) is 0 Å². The van der Waals surface area contributed by atoms with Crippen LogP contribution in [0.25, 0.3) is 23.1 Å². The third-order valence-corrected chi connectivity index (χ3v) is 4.63. The average Bonchev–Trinajstić information content (AvgIpc) is 3.28. The number of hydrogen-bond acceptors (Lipinski definition) is 5. The van der Waals surface area contributed by atoms with Crippen LogP contribution in [-0.4, -0.2) is 14.9 Å². The largest absolute Gasteiger partial charge is 0.355 e. The lowest BCUT2D eigenvalue weighted by molar-refractivity contribution is 0.420. The van der Waals surface area contributed by atoms with Gasteiger partial charge in [-0.05, 0) is 41.0 Å². The molecule has 1 aromatic carbocycles. The molecule has 25 heavy (non-hydrogen) atoms. The second kappa shape index (κ2) is 6.49. The first-order valence-electron chi connectivity index (χ1n) is 7.83. The number of benzene rings is 1. The van der Waals surface area contributed by atoms with E-state index in [2.05, 4.69) is 10.3 Å². The number of rotatable bonds is 4. The highest BCUT2D eigenvalue weighted by Gasteiger charge is 2.16. The highest BCUT2D eigenvalue weighted by atomic mass is 32.1. The summed E-state index contributed by atoms with van der Waals surface area (Å²) in [6, 6.07) is 11.8. The van der Waals surface area contributed by atoms with Crippen molar-refractivity contribution in [3.63, 3.8) is 0 Å². The summed E-state index contributed by atoms with van der Waals surface area (Å²) in [6.07, 6.45) is 3.76. The van der Waals surface area contributed by atoms with Gasteiger partial charge in [-0.25, -0.2) is 4.68 Å². The molecular weight excluding hydrogens is 334 g/mol. The van der Waals surface area contributed by atoms with E-state index in [4.69, 9.17) is 4.52 Å². The Balaban J connectivity index is 1.76. The Kier molecular flexibility index (Phi) is 4.03. The normalized spacial score (nSPS) is 11.6. The van der Waals surface area contributed by atoms with E-state index in [0.717, 1.165) is 16.8 Å². The fourth-order valence-corrected chi connectivity index (χ4v) is 3.34. The van der Waals surface area contributed by atoms with Crippen LogP contribution in [0.1, 0.15) is 22.6 Å². The van der Waals surface area contributed by atoms with E-state index < -0.39 is 0 Å². The van der Waals surface area contributed by atoms with Crippen LogP contribution in [0.3, 0.4) is 0 Å². The highest BCUT2D eigenvalue weighted by molar-refractivity contribution is 7.08. The summed E-state index contributed by atoms with van der Waals surface area (Å²) in [7, 11) is 0. The SMILES string of the molecule is Cc1nn(Cc2ccccc2)c(=O)c2noc(/C=C/c3ccsc3)c12. The Bertz CT molecular complexity index is 1090. The smallest absolute Gasteiger partial charge is 0.297 e. The molecule has 0 bridgehead atoms. The van der Waals surface area contributed by atoms with Crippen molar-refractivity contribution in [3.05, 3.63) is 80.1 Å². The first-order chi connectivity index (χ1) is 12.2. The van der Waals surface area contributed by atoms with E-state index in [-0.39, 0.29) is 5.56 Å². The van der Waals surface area contributed by atoms with Crippen LogP contribution < -0.4 is 5.56 Å². The molecule has 4 aromatic rings. The zero-order valence-corrected chi connectivity index (χ0v) is 14.4. The number of hydrogen-bond donors (Lipinski definition) is 0. The maximum atomic E-state index is 12.7. The molecule has 0 saturated heterocycles. The van der Waals surface area contributed by atoms with Gasteiger partial charge in [0.15, 0.2) is 11.3 Å². The minimum absolute atomic E-state index is 0.247. The van der Waals surface area contributed by atoms with Gasteiger partial charge < -0.3 is 4.52 Å². The zero-order valence-electron chi connectivity index (χ0n) is 13.5. The van der Waals surface area contributed by atoms with Crippen molar-refractivity contribution in [2.45, 2.75) is 13.5 Å². The lowest BCUT2D eigenvalue weighted by Crippen LogP contribution is -2.24. The maximum absolute atomic E-state index is 12.7. The molecule has 0 spiro atoms. The molecular formula is C19H15N3O2S. The summed E-state index contributed by atoms with van der Waals surface area (Å²) in [5, 5.41) is 13.1. The molecule has 0 radical (unpaired) electrons. The summed E-state index contributed by atoms with van der Waals surface area (Å²) in [5.41, 5.74) is 2.88. The van der Waals surface area contributed by atoms with Gasteiger partial charge in [0.05, 0.1) is 17.6 Å². The van der Waals surface area contributed by atoms with Gasteiger partial charge in [-0.2, -0.15) is 16.4 Å². The molecule has 5 nitrogen and oxygen atoms in total. The van der Waals surface area contributed by atoms with Crippen molar-refractivity contribution in [2.75, 3.05) is 0 Å². The fourth-order valence-electron chi connectivity index (χ4n) is 2.72. The topological polar surface area (TPSA) is 60.9 Å². The van der Waals surface area contributed by atoms with Crippen molar-refractivity contribution >= 4 is 34.4 Å². The van der Waals surface area contributed by atoms with Crippen LogP contribution in [0.15, 0.2) is 56.5 Å². The fraction of sp³-hybridized carbons (Fsp3) is 0.105. The molecule has 0 amide bonds. The number of thiophene rings is 1. The molecule has 4 rings (SSSR count). The second-order valence-corrected chi connectivity index (χ2v) is 6.47. The van der Waals surface area contributed by atoms with Gasteiger partial charge >= 0.3 is 0 Å². The van der Waals surface area contributed by atoms with Gasteiger partial charge in [-0.3, -0.25) is 4.79 Å². The Labute approximate surface area is 147 Å². The lowest BCUT2D eigenvalue weighted by atomic mass is 10.2. The van der Waals surface area contributed by atoms with Gasteiger partial charge in [0, 0.05) is 0 Å². The van der Waals surface area contributed by atoms with E-state index in [1.807, 2.05) is 66.2 Å². The highest BCUT2D eigenvalue weighted by Crippen LogP contribution is 2.21. The van der Waals surface area contributed by atoms with Crippen molar-refractivity contribution < 1.29 is 4.52 Å². The second-order valence-electron chi connectivity index (χ2n) is 5.69. The molecule has 3 aromatic heterocycles. The van der Waals surface area contributed by atoms with Crippen molar-refractivity contribution in [1.29, 1.82) is 0 Å². The van der Waals surface area contributed by atoms with E-state index in [9.17, 15) is 4.79 Å². The summed E-state index contributed by atoms with van der Waals surface area (Å²) in [5.74, 6) is 0.551. The monoisotopic (exact) mass is 349 g/mol. The van der Waals surface area contributed by atoms with Crippen LogP contribution in [0.2, 0.25) is 0 Å². The third-order valence-electron chi connectivity index (χ3n) is 3.93. The Morgan fingerprint density at radius 2 is 2.04 bits per heavy atom. The predicted octanol–water partition coefficient (Wildman–Crippen LogP) is 3.97. The van der Waals surface area contributed by atoms with E-state index in [0.29, 0.717) is 23.2 Å². The molecule has 6 heteroatoms. The Morgan fingerprint density at radius 3 is 2.80 bits per heavy atom. The van der Waals surface area contributed by atoms with Crippen LogP contribution in [-0.2, 0) is 6.54 Å². The molecule has 0 aliphatic rings. The zero-order chi connectivity index (χ0) is 17.2. The average molecular weight is 349 g/mol. The van der Waals surface area contributed by atoms with Crippen molar-refractivity contribution in [3.8, 4) is 0 Å². The molecule has 124 valence electrons. The first kappa shape index (κ1) is 15.5. The molecule has 3 heterocycles. The molecule has 0 unspecified atom stereocenters. The minimum Gasteiger partial charge on any atom is -0.355 e. The maximum Gasteiger partial charge on any atom is 0.297 e. The standard InChI is InChI=1S/C19H15N3O2S/c1-13-17-16(8-7-15-9-10-25-12-15)24-21-18(17)19(23)22(20-13)11-14-5-3-2-4-6-14/h2-10,12H,11H2,1H3/b8-7+. The van der Waals surface area contributed by atoms with Crippen LogP contribution in [0, 0.1) is 6.92 Å². The minimum atomic E-state index is -0.247. The lowest BCUT2D eigenvalue weighted by Gasteiger charge is -2.06. The molecule has 0 N–H and O–H groups in total. The Morgan fingerprint density at radius 1 is 1.20 bits per heavy atom. The van der Waals surface area contributed by atoms with Gasteiger partial charge in [0.2, 0.25) is 0 Å². The van der Waals surface area contributed by atoms with Crippen molar-refractivity contribution in [1.82, 2.24) is 14.9 Å².